The van der Waals surface area contributed by atoms with Crippen LogP contribution < -0.4 is 5.32 Å². The summed E-state index contributed by atoms with van der Waals surface area (Å²) in [5.41, 5.74) is 1.32. The van der Waals surface area contributed by atoms with Crippen LogP contribution in [0.15, 0.2) is 12.4 Å². The summed E-state index contributed by atoms with van der Waals surface area (Å²) in [6, 6.07) is 0. The topological polar surface area (TPSA) is 83.3 Å². The van der Waals surface area contributed by atoms with Crippen molar-refractivity contribution < 1.29 is 9.90 Å². The fourth-order valence-corrected chi connectivity index (χ4v) is 2.05. The molecular weight excluding hydrogens is 258 g/mol. The highest BCUT2D eigenvalue weighted by Crippen LogP contribution is 2.25. The number of aromatic carboxylic acids is 1. The zero-order chi connectivity index (χ0) is 14.7. The van der Waals surface area contributed by atoms with Crippen molar-refractivity contribution >= 4 is 22.7 Å². The molecule has 108 valence electrons. The van der Waals surface area contributed by atoms with Crippen LogP contribution in [-0.2, 0) is 7.05 Å². The zero-order valence-electron chi connectivity index (χ0n) is 11.9. The molecular formula is C13H19N5O2. The van der Waals surface area contributed by atoms with Crippen molar-refractivity contribution in [2.75, 3.05) is 32.5 Å². The van der Waals surface area contributed by atoms with Gasteiger partial charge in [0, 0.05) is 26.0 Å². The molecule has 0 saturated heterocycles. The van der Waals surface area contributed by atoms with E-state index in [9.17, 15) is 9.90 Å². The molecule has 0 fully saturated rings. The minimum absolute atomic E-state index is 0.176. The predicted molar refractivity (Wildman–Crippen MR) is 77.1 cm³/mol. The Labute approximate surface area is 117 Å². The Balaban J connectivity index is 2.27. The van der Waals surface area contributed by atoms with Crippen LogP contribution >= 0.6 is 0 Å². The number of carbonyl (C=O) groups is 1. The number of nitrogens with zero attached hydrogens (tertiary/aromatic N) is 4. The second-order valence-electron chi connectivity index (χ2n) is 4.98. The molecule has 7 heteroatoms. The van der Waals surface area contributed by atoms with E-state index >= 15 is 0 Å². The van der Waals surface area contributed by atoms with Crippen molar-refractivity contribution in [1.29, 1.82) is 0 Å². The Bertz CT molecular complexity index is 620. The fraction of sp³-hybridized carbons (Fsp3) is 0.462. The molecule has 2 rings (SSSR count). The molecule has 2 N–H and O–H groups in total. The first-order valence-electron chi connectivity index (χ1n) is 6.43. The number of hydrogen-bond donors (Lipinski definition) is 2. The molecule has 0 saturated carbocycles. The van der Waals surface area contributed by atoms with Crippen molar-refractivity contribution in [2.24, 2.45) is 7.05 Å². The summed E-state index contributed by atoms with van der Waals surface area (Å²) >= 11 is 0. The van der Waals surface area contributed by atoms with Gasteiger partial charge < -0.3 is 15.3 Å². The molecule has 0 bridgehead atoms. The molecule has 2 aromatic rings. The summed E-state index contributed by atoms with van der Waals surface area (Å²) in [6.45, 7) is 1.64. The van der Waals surface area contributed by atoms with Gasteiger partial charge in [0.05, 0.1) is 11.1 Å². The van der Waals surface area contributed by atoms with Gasteiger partial charge >= 0.3 is 5.97 Å². The fourth-order valence-electron chi connectivity index (χ4n) is 2.05. The van der Waals surface area contributed by atoms with Gasteiger partial charge in [-0.3, -0.25) is 4.68 Å². The smallest absolute Gasteiger partial charge is 0.339 e. The van der Waals surface area contributed by atoms with Crippen molar-refractivity contribution in [3.63, 3.8) is 0 Å². The van der Waals surface area contributed by atoms with E-state index in [1.165, 1.54) is 6.20 Å². The van der Waals surface area contributed by atoms with Crippen LogP contribution in [0, 0.1) is 0 Å². The summed E-state index contributed by atoms with van der Waals surface area (Å²) in [5, 5.41) is 17.4. The van der Waals surface area contributed by atoms with E-state index in [1.807, 2.05) is 14.1 Å². The number of hydrogen-bond acceptors (Lipinski definition) is 5. The normalized spacial score (nSPS) is 11.2. The SMILES string of the molecule is CN(C)CCCNc1c(C(=O)O)cnc2nn(C)cc12. The molecule has 2 heterocycles. The summed E-state index contributed by atoms with van der Waals surface area (Å²) in [4.78, 5) is 17.5. The lowest BCUT2D eigenvalue weighted by Crippen LogP contribution is -2.17. The third-order valence-electron chi connectivity index (χ3n) is 2.98. The van der Waals surface area contributed by atoms with Gasteiger partial charge in [0.2, 0.25) is 0 Å². The first kappa shape index (κ1) is 14.3. The Morgan fingerprint density at radius 2 is 2.25 bits per heavy atom. The number of pyridine rings is 1. The highest BCUT2D eigenvalue weighted by Gasteiger charge is 2.16. The second-order valence-corrected chi connectivity index (χ2v) is 4.98. The molecule has 0 amide bonds. The number of aryl methyl sites for hydroxylation is 1. The van der Waals surface area contributed by atoms with E-state index in [4.69, 9.17) is 0 Å². The van der Waals surface area contributed by atoms with Crippen LogP contribution in [-0.4, -0.2) is 57.9 Å². The van der Waals surface area contributed by atoms with Crippen LogP contribution in [0.5, 0.6) is 0 Å². The lowest BCUT2D eigenvalue weighted by atomic mass is 10.2. The maximum absolute atomic E-state index is 11.3. The number of carboxylic acids is 1. The Kier molecular flexibility index (Phi) is 4.19. The van der Waals surface area contributed by atoms with Crippen LogP contribution in [0.3, 0.4) is 0 Å². The van der Waals surface area contributed by atoms with Gasteiger partial charge in [0.25, 0.3) is 0 Å². The molecule has 20 heavy (non-hydrogen) atoms. The second kappa shape index (κ2) is 5.87. The largest absolute Gasteiger partial charge is 0.478 e. The molecule has 0 spiro atoms. The average Bonchev–Trinajstić information content (AvgIpc) is 2.74. The van der Waals surface area contributed by atoms with Gasteiger partial charge in [-0.2, -0.15) is 5.10 Å². The summed E-state index contributed by atoms with van der Waals surface area (Å²) in [7, 11) is 5.81. The number of anilines is 1. The third kappa shape index (κ3) is 3.05. The molecule has 0 unspecified atom stereocenters. The Hall–Kier alpha value is -2.15. The number of nitrogens with one attached hydrogen (secondary N) is 1. The number of rotatable bonds is 6. The molecule has 7 nitrogen and oxygen atoms in total. The van der Waals surface area contributed by atoms with Crippen LogP contribution in [0.2, 0.25) is 0 Å². The Morgan fingerprint density at radius 3 is 2.90 bits per heavy atom. The van der Waals surface area contributed by atoms with Gasteiger partial charge in [0.15, 0.2) is 5.65 Å². The highest BCUT2D eigenvalue weighted by molar-refractivity contribution is 6.03. The van der Waals surface area contributed by atoms with Gasteiger partial charge in [0.1, 0.15) is 5.56 Å². The van der Waals surface area contributed by atoms with E-state index in [1.54, 1.807) is 17.9 Å². The molecule has 0 atom stereocenters. The quantitative estimate of drug-likeness (QED) is 0.767. The standard InChI is InChI=1S/C13H19N5O2/c1-17(2)6-4-5-14-11-9(13(19)20)7-15-12-10(11)8-18(3)16-12/h7-8,14H,4-6H2,1-3H3,(H,19,20). The van der Waals surface area contributed by atoms with Gasteiger partial charge in [-0.05, 0) is 27.1 Å². The molecule has 2 aromatic heterocycles. The molecule has 0 radical (unpaired) electrons. The van der Waals surface area contributed by atoms with Crippen LogP contribution in [0.1, 0.15) is 16.8 Å². The molecule has 0 aliphatic heterocycles. The van der Waals surface area contributed by atoms with Crippen molar-refractivity contribution in [3.05, 3.63) is 18.0 Å². The predicted octanol–water partition coefficient (Wildman–Crippen LogP) is 1.03. The first-order chi connectivity index (χ1) is 9.49. The minimum atomic E-state index is -0.988. The minimum Gasteiger partial charge on any atom is -0.478 e. The van der Waals surface area contributed by atoms with E-state index in [0.717, 1.165) is 18.4 Å². The monoisotopic (exact) mass is 277 g/mol. The zero-order valence-corrected chi connectivity index (χ0v) is 11.9. The van der Waals surface area contributed by atoms with Crippen molar-refractivity contribution in [3.8, 4) is 0 Å². The van der Waals surface area contributed by atoms with E-state index in [-0.39, 0.29) is 5.56 Å². The van der Waals surface area contributed by atoms with Crippen molar-refractivity contribution in [1.82, 2.24) is 19.7 Å². The summed E-state index contributed by atoms with van der Waals surface area (Å²) in [6.07, 6.45) is 4.06. The average molecular weight is 277 g/mol. The molecule has 0 aliphatic carbocycles. The number of fused-ring (bicyclic) bond motifs is 1. The van der Waals surface area contributed by atoms with Gasteiger partial charge in [-0.15, -0.1) is 0 Å². The lowest BCUT2D eigenvalue weighted by Gasteiger charge is -2.12. The van der Waals surface area contributed by atoms with Crippen LogP contribution in [0.25, 0.3) is 11.0 Å². The lowest BCUT2D eigenvalue weighted by molar-refractivity contribution is 0.0697. The first-order valence-corrected chi connectivity index (χ1v) is 6.43. The van der Waals surface area contributed by atoms with Gasteiger partial charge in [-0.25, -0.2) is 9.78 Å². The maximum Gasteiger partial charge on any atom is 0.339 e. The van der Waals surface area contributed by atoms with Crippen LogP contribution in [0.4, 0.5) is 5.69 Å². The third-order valence-corrected chi connectivity index (χ3v) is 2.98. The highest BCUT2D eigenvalue weighted by atomic mass is 16.4. The van der Waals surface area contributed by atoms with E-state index < -0.39 is 5.97 Å². The maximum atomic E-state index is 11.3. The number of carboxylic acid groups (broad SMARTS) is 1. The molecule has 0 aliphatic rings. The Morgan fingerprint density at radius 1 is 1.50 bits per heavy atom. The summed E-state index contributed by atoms with van der Waals surface area (Å²) < 4.78 is 1.63. The van der Waals surface area contributed by atoms with Gasteiger partial charge in [-0.1, -0.05) is 0 Å². The van der Waals surface area contributed by atoms with E-state index in [2.05, 4.69) is 20.3 Å². The van der Waals surface area contributed by atoms with E-state index in [0.29, 0.717) is 17.9 Å². The molecule has 0 aromatic carbocycles. The van der Waals surface area contributed by atoms with Crippen molar-refractivity contribution in [2.45, 2.75) is 6.42 Å². The summed E-state index contributed by atoms with van der Waals surface area (Å²) in [5.74, 6) is -0.988. The number of aromatic nitrogens is 3.